The molecule has 0 aromatic rings. The van der Waals surface area contributed by atoms with E-state index in [0.717, 1.165) is 25.7 Å². The van der Waals surface area contributed by atoms with E-state index in [1.165, 1.54) is 6.42 Å². The molecule has 0 aromatic carbocycles. The number of hydrogen-bond donors (Lipinski definition) is 4. The summed E-state index contributed by atoms with van der Waals surface area (Å²) in [6.07, 6.45) is 5.12. The maximum atomic E-state index is 10.8. The molecule has 4 N–H and O–H groups in total. The fourth-order valence-corrected chi connectivity index (χ4v) is 2.77. The van der Waals surface area contributed by atoms with Crippen LogP contribution in [0.3, 0.4) is 0 Å². The third-order valence-corrected chi connectivity index (χ3v) is 3.99. The van der Waals surface area contributed by atoms with Gasteiger partial charge in [-0.2, -0.15) is 0 Å². The molecule has 98 valence electrons. The van der Waals surface area contributed by atoms with Gasteiger partial charge in [0.2, 0.25) is 0 Å². The molecule has 1 aliphatic heterocycles. The average Bonchev–Trinajstić information content (AvgIpc) is 2.22. The van der Waals surface area contributed by atoms with Crippen LogP contribution in [0.4, 0.5) is 0 Å². The largest absolute Gasteiger partial charge is 0.481 e. The summed E-state index contributed by atoms with van der Waals surface area (Å²) >= 11 is 0. The first kappa shape index (κ1) is 12.8. The molecule has 5 heteroatoms. The first-order valence-corrected chi connectivity index (χ1v) is 6.44. The number of carbonyl (C=O) groups is 1. The van der Waals surface area contributed by atoms with Crippen LogP contribution in [0.5, 0.6) is 0 Å². The first-order valence-electron chi connectivity index (χ1n) is 6.44. The van der Waals surface area contributed by atoms with Crippen LogP contribution in [0.25, 0.3) is 0 Å². The van der Waals surface area contributed by atoms with Crippen molar-refractivity contribution in [3.63, 3.8) is 0 Å². The second-order valence-corrected chi connectivity index (χ2v) is 5.59. The number of aliphatic hydroxyl groups is 1. The minimum absolute atomic E-state index is 0.121. The highest BCUT2D eigenvalue weighted by atomic mass is 16.4. The molecule has 0 spiro atoms. The van der Waals surface area contributed by atoms with E-state index in [-0.39, 0.29) is 12.0 Å². The third-order valence-electron chi connectivity index (χ3n) is 3.99. The zero-order chi connectivity index (χ0) is 12.4. The lowest BCUT2D eigenvalue weighted by atomic mass is 9.82. The predicted molar refractivity (Wildman–Crippen MR) is 63.9 cm³/mol. The van der Waals surface area contributed by atoms with E-state index in [9.17, 15) is 9.90 Å². The molecule has 1 saturated carbocycles. The smallest absolute Gasteiger partial charge is 0.305 e. The lowest BCUT2D eigenvalue weighted by Crippen LogP contribution is -2.70. The maximum Gasteiger partial charge on any atom is 0.305 e. The van der Waals surface area contributed by atoms with Crippen molar-refractivity contribution in [3.8, 4) is 0 Å². The topological polar surface area (TPSA) is 81.6 Å². The summed E-state index contributed by atoms with van der Waals surface area (Å²) in [6.45, 7) is 1.87. The van der Waals surface area contributed by atoms with Gasteiger partial charge >= 0.3 is 5.97 Å². The predicted octanol–water partition coefficient (Wildman–Crippen LogP) is 0.0879. The highest BCUT2D eigenvalue weighted by Gasteiger charge is 2.41. The molecular weight excluding hydrogens is 220 g/mol. The lowest BCUT2D eigenvalue weighted by molar-refractivity contribution is -0.139. The van der Waals surface area contributed by atoms with E-state index >= 15 is 0 Å². The van der Waals surface area contributed by atoms with Crippen molar-refractivity contribution in [2.45, 2.75) is 49.7 Å². The second kappa shape index (κ2) is 4.92. The highest BCUT2D eigenvalue weighted by Crippen LogP contribution is 2.28. The number of rotatable bonds is 5. The fraction of sp³-hybridized carbons (Fsp3) is 0.917. The van der Waals surface area contributed by atoms with Crippen LogP contribution in [-0.4, -0.2) is 47.0 Å². The van der Waals surface area contributed by atoms with Gasteiger partial charge in [-0.3, -0.25) is 4.79 Å². The van der Waals surface area contributed by atoms with E-state index in [1.54, 1.807) is 0 Å². The Hall–Kier alpha value is -0.650. The Morgan fingerprint density at radius 2 is 1.88 bits per heavy atom. The van der Waals surface area contributed by atoms with Crippen molar-refractivity contribution in [1.29, 1.82) is 0 Å². The number of hydrogen-bond acceptors (Lipinski definition) is 4. The summed E-state index contributed by atoms with van der Waals surface area (Å²) in [5, 5.41) is 25.6. The highest BCUT2D eigenvalue weighted by molar-refractivity contribution is 5.68. The summed E-state index contributed by atoms with van der Waals surface area (Å²) in [7, 11) is 0. The number of carboxylic acid groups (broad SMARTS) is 1. The Labute approximate surface area is 102 Å². The summed E-state index contributed by atoms with van der Waals surface area (Å²) in [5.74, 6) is -0.783. The molecule has 2 rings (SSSR count). The van der Waals surface area contributed by atoms with Crippen LogP contribution in [0.15, 0.2) is 0 Å². The minimum atomic E-state index is -0.783. The van der Waals surface area contributed by atoms with Crippen LogP contribution in [-0.2, 0) is 4.79 Å². The molecule has 0 atom stereocenters. The van der Waals surface area contributed by atoms with Crippen LogP contribution in [0.2, 0.25) is 0 Å². The van der Waals surface area contributed by atoms with Gasteiger partial charge in [-0.25, -0.2) is 0 Å². The van der Waals surface area contributed by atoms with E-state index in [2.05, 4.69) is 10.6 Å². The molecular formula is C12H22N2O3. The Morgan fingerprint density at radius 1 is 1.24 bits per heavy atom. The van der Waals surface area contributed by atoms with Crippen molar-refractivity contribution in [3.05, 3.63) is 0 Å². The Morgan fingerprint density at radius 3 is 2.35 bits per heavy atom. The van der Waals surface area contributed by atoms with Crippen LogP contribution in [0, 0.1) is 0 Å². The summed E-state index contributed by atoms with van der Waals surface area (Å²) in [6, 6.07) is 0. The molecule has 0 aromatic heterocycles. The number of β-amino-alcohol motifs (C(OH)–C–C–N with tert-alkyl or cyclic N) is 1. The van der Waals surface area contributed by atoms with E-state index in [4.69, 9.17) is 5.11 Å². The second-order valence-electron chi connectivity index (χ2n) is 5.59. The molecule has 1 aliphatic carbocycles. The van der Waals surface area contributed by atoms with Crippen LogP contribution >= 0.6 is 0 Å². The molecule has 0 amide bonds. The lowest BCUT2D eigenvalue weighted by Gasteiger charge is -2.45. The van der Waals surface area contributed by atoms with Crippen LogP contribution in [0.1, 0.15) is 38.5 Å². The fourth-order valence-electron chi connectivity index (χ4n) is 2.77. The maximum absolute atomic E-state index is 10.8. The van der Waals surface area contributed by atoms with Gasteiger partial charge in [-0.1, -0.05) is 19.3 Å². The van der Waals surface area contributed by atoms with Gasteiger partial charge in [-0.05, 0) is 12.8 Å². The van der Waals surface area contributed by atoms with Crippen molar-refractivity contribution in [1.82, 2.24) is 10.6 Å². The molecule has 0 radical (unpaired) electrons. The van der Waals surface area contributed by atoms with Gasteiger partial charge in [0.25, 0.3) is 0 Å². The van der Waals surface area contributed by atoms with Gasteiger partial charge in [-0.15, -0.1) is 0 Å². The molecule has 17 heavy (non-hydrogen) atoms. The Kier molecular flexibility index (Phi) is 3.70. The monoisotopic (exact) mass is 242 g/mol. The van der Waals surface area contributed by atoms with Gasteiger partial charge in [0.15, 0.2) is 0 Å². The molecule has 1 heterocycles. The Bertz CT molecular complexity index is 283. The average molecular weight is 242 g/mol. The van der Waals surface area contributed by atoms with Gasteiger partial charge < -0.3 is 20.8 Å². The van der Waals surface area contributed by atoms with E-state index in [0.29, 0.717) is 19.6 Å². The zero-order valence-corrected chi connectivity index (χ0v) is 10.2. The molecule has 0 unspecified atom stereocenters. The van der Waals surface area contributed by atoms with Gasteiger partial charge in [0, 0.05) is 19.6 Å². The Balaban J connectivity index is 1.84. The quantitative estimate of drug-likeness (QED) is 0.549. The van der Waals surface area contributed by atoms with Gasteiger partial charge in [0.1, 0.15) is 0 Å². The standard InChI is InChI=1S/C12H22N2O3/c15-10(16)6-11(7-13-8-11)14-9-12(17)4-2-1-3-5-12/h13-14,17H,1-9H2,(H,15,16). The number of carboxylic acids is 1. The summed E-state index contributed by atoms with van der Waals surface area (Å²) < 4.78 is 0. The van der Waals surface area contributed by atoms with Crippen molar-refractivity contribution < 1.29 is 15.0 Å². The molecule has 1 saturated heterocycles. The van der Waals surface area contributed by atoms with Crippen molar-refractivity contribution in [2.75, 3.05) is 19.6 Å². The molecule has 2 aliphatic rings. The SMILES string of the molecule is O=C(O)CC1(NCC2(O)CCCCC2)CNC1. The first-order chi connectivity index (χ1) is 8.04. The van der Waals surface area contributed by atoms with Gasteiger partial charge in [0.05, 0.1) is 17.6 Å². The summed E-state index contributed by atoms with van der Waals surface area (Å²) in [5.41, 5.74) is -0.974. The van der Waals surface area contributed by atoms with E-state index in [1.807, 2.05) is 0 Å². The molecule has 5 nitrogen and oxygen atoms in total. The summed E-state index contributed by atoms with van der Waals surface area (Å²) in [4.78, 5) is 10.8. The van der Waals surface area contributed by atoms with Crippen LogP contribution < -0.4 is 10.6 Å². The number of aliphatic carboxylic acids is 1. The number of nitrogens with one attached hydrogen (secondary N) is 2. The molecule has 0 bridgehead atoms. The van der Waals surface area contributed by atoms with Crippen molar-refractivity contribution >= 4 is 5.97 Å². The molecule has 2 fully saturated rings. The normalized spacial score (nSPS) is 26.2. The third kappa shape index (κ3) is 3.18. The zero-order valence-electron chi connectivity index (χ0n) is 10.2. The minimum Gasteiger partial charge on any atom is -0.481 e. The van der Waals surface area contributed by atoms with Crippen molar-refractivity contribution in [2.24, 2.45) is 0 Å². The van der Waals surface area contributed by atoms with E-state index < -0.39 is 11.6 Å².